The summed E-state index contributed by atoms with van der Waals surface area (Å²) in [5, 5.41) is 0.629. The molecule has 1 aliphatic heterocycles. The smallest absolute Gasteiger partial charge is 0.289 e. The number of carbonyl (C=O) groups excluding carboxylic acids is 2. The zero-order valence-corrected chi connectivity index (χ0v) is 15.0. The first kappa shape index (κ1) is 16.8. The van der Waals surface area contributed by atoms with Crippen LogP contribution in [0, 0.1) is 5.82 Å². The molecule has 1 amide bonds. The largest absolute Gasteiger partial charge is 0.347 e. The van der Waals surface area contributed by atoms with Gasteiger partial charge < -0.3 is 9.47 Å². The molecule has 0 radical (unpaired) electrons. The van der Waals surface area contributed by atoms with Crippen LogP contribution < -0.4 is 0 Å². The Morgan fingerprint density at radius 1 is 1.08 bits per heavy atom. The van der Waals surface area contributed by atoms with Crippen molar-refractivity contribution in [3.05, 3.63) is 71.7 Å². The Hall–Kier alpha value is -2.60. The summed E-state index contributed by atoms with van der Waals surface area (Å²) >= 11 is 0.766. The van der Waals surface area contributed by atoms with Crippen molar-refractivity contribution in [2.24, 2.45) is 0 Å². The fraction of sp³-hybridized carbons (Fsp3) is 0.200. The minimum atomic E-state index is -0.538. The van der Waals surface area contributed by atoms with Crippen LogP contribution in [0.2, 0.25) is 0 Å². The van der Waals surface area contributed by atoms with Crippen LogP contribution >= 0.6 is 11.8 Å². The Morgan fingerprint density at radius 3 is 2.54 bits per heavy atom. The molecule has 2 heterocycles. The average Bonchev–Trinajstić information content (AvgIpc) is 3.15. The standard InChI is InChI=1S/C20H17FN2O2S/c1-22-18(19(24)26-20(22)25)16-3-2-4-17-15(16)10-12-23(17)11-9-13-5-7-14(21)8-6-13/h2-8,10,12,18H,9,11H2,1H3. The van der Waals surface area contributed by atoms with E-state index in [0.717, 1.165) is 46.8 Å². The topological polar surface area (TPSA) is 42.3 Å². The molecule has 1 aromatic heterocycles. The third-order valence-corrected chi connectivity index (χ3v) is 5.67. The SMILES string of the molecule is CN1C(=O)SC(=O)C1c1cccc2c1ccn2CCc1ccc(F)cc1. The predicted octanol–water partition coefficient (Wildman–Crippen LogP) is 4.39. The van der Waals surface area contributed by atoms with E-state index in [1.54, 1.807) is 19.2 Å². The Morgan fingerprint density at radius 2 is 1.85 bits per heavy atom. The Bertz CT molecular complexity index is 997. The summed E-state index contributed by atoms with van der Waals surface area (Å²) in [6, 6.07) is 13.8. The Labute approximate surface area is 154 Å². The third-order valence-electron chi connectivity index (χ3n) is 4.78. The monoisotopic (exact) mass is 368 g/mol. The molecule has 1 atom stereocenters. The van der Waals surface area contributed by atoms with Crippen LogP contribution in [0.1, 0.15) is 17.2 Å². The molecule has 0 spiro atoms. The van der Waals surface area contributed by atoms with Gasteiger partial charge in [0, 0.05) is 42.5 Å². The van der Waals surface area contributed by atoms with Crippen molar-refractivity contribution in [2.75, 3.05) is 7.05 Å². The van der Waals surface area contributed by atoms with Gasteiger partial charge in [0.15, 0.2) is 0 Å². The highest BCUT2D eigenvalue weighted by Gasteiger charge is 2.39. The first-order valence-electron chi connectivity index (χ1n) is 8.35. The lowest BCUT2D eigenvalue weighted by molar-refractivity contribution is -0.113. The maximum absolute atomic E-state index is 13.0. The summed E-state index contributed by atoms with van der Waals surface area (Å²) in [5.41, 5.74) is 2.95. The van der Waals surface area contributed by atoms with E-state index in [0.29, 0.717) is 0 Å². The van der Waals surface area contributed by atoms with E-state index in [4.69, 9.17) is 0 Å². The fourth-order valence-electron chi connectivity index (χ4n) is 3.39. The van der Waals surface area contributed by atoms with Crippen LogP contribution in [0.4, 0.5) is 9.18 Å². The molecule has 4 nitrogen and oxygen atoms in total. The number of benzene rings is 2. The summed E-state index contributed by atoms with van der Waals surface area (Å²) in [5.74, 6) is -0.234. The normalized spacial score (nSPS) is 17.5. The quantitative estimate of drug-likeness (QED) is 0.686. The Balaban J connectivity index is 1.64. The highest BCUT2D eigenvalue weighted by molar-refractivity contribution is 8.26. The summed E-state index contributed by atoms with van der Waals surface area (Å²) in [6.07, 6.45) is 2.77. The van der Waals surface area contributed by atoms with Gasteiger partial charge in [-0.2, -0.15) is 0 Å². The number of hydrogen-bond donors (Lipinski definition) is 0. The first-order chi connectivity index (χ1) is 12.5. The van der Waals surface area contributed by atoms with E-state index >= 15 is 0 Å². The van der Waals surface area contributed by atoms with Crippen molar-refractivity contribution in [1.29, 1.82) is 0 Å². The number of aryl methyl sites for hydroxylation is 2. The predicted molar refractivity (Wildman–Crippen MR) is 101 cm³/mol. The molecule has 1 aliphatic rings. The molecule has 1 saturated heterocycles. The number of hydrogen-bond acceptors (Lipinski definition) is 3. The second kappa shape index (κ2) is 6.61. The number of aromatic nitrogens is 1. The molecular weight excluding hydrogens is 351 g/mol. The number of fused-ring (bicyclic) bond motifs is 1. The summed E-state index contributed by atoms with van der Waals surface area (Å²) in [6.45, 7) is 0.751. The first-order valence-corrected chi connectivity index (χ1v) is 9.17. The molecule has 1 fully saturated rings. The molecule has 0 saturated carbocycles. The summed E-state index contributed by atoms with van der Waals surface area (Å²) < 4.78 is 15.2. The molecule has 0 N–H and O–H groups in total. The van der Waals surface area contributed by atoms with Gasteiger partial charge in [-0.1, -0.05) is 24.3 Å². The zero-order valence-electron chi connectivity index (χ0n) is 14.2. The summed E-state index contributed by atoms with van der Waals surface area (Å²) in [7, 11) is 1.66. The molecule has 26 heavy (non-hydrogen) atoms. The lowest BCUT2D eigenvalue weighted by Gasteiger charge is -2.18. The minimum Gasteiger partial charge on any atom is -0.347 e. The van der Waals surface area contributed by atoms with Crippen LogP contribution in [0.25, 0.3) is 10.9 Å². The van der Waals surface area contributed by atoms with Gasteiger partial charge in [0.1, 0.15) is 11.9 Å². The van der Waals surface area contributed by atoms with Crippen LogP contribution in [0.15, 0.2) is 54.7 Å². The number of amides is 1. The van der Waals surface area contributed by atoms with E-state index in [9.17, 15) is 14.0 Å². The molecule has 6 heteroatoms. The van der Waals surface area contributed by atoms with Crippen LogP contribution in [-0.4, -0.2) is 26.9 Å². The van der Waals surface area contributed by atoms with Gasteiger partial charge in [0.05, 0.1) is 0 Å². The van der Waals surface area contributed by atoms with Gasteiger partial charge in [-0.05, 0) is 41.8 Å². The molecule has 0 aliphatic carbocycles. The fourth-order valence-corrected chi connectivity index (χ4v) is 4.21. The zero-order chi connectivity index (χ0) is 18.3. The van der Waals surface area contributed by atoms with Crippen LogP contribution in [0.5, 0.6) is 0 Å². The van der Waals surface area contributed by atoms with Gasteiger partial charge in [-0.15, -0.1) is 0 Å². The van der Waals surface area contributed by atoms with Crippen molar-refractivity contribution in [3.8, 4) is 0 Å². The third kappa shape index (κ3) is 2.90. The second-order valence-corrected chi connectivity index (χ2v) is 7.32. The van der Waals surface area contributed by atoms with Gasteiger partial charge in [-0.25, -0.2) is 4.39 Å². The number of carbonyl (C=O) groups is 2. The maximum atomic E-state index is 13.0. The molecule has 4 rings (SSSR count). The molecule has 132 valence electrons. The van der Waals surface area contributed by atoms with Crippen molar-refractivity contribution in [3.63, 3.8) is 0 Å². The highest BCUT2D eigenvalue weighted by Crippen LogP contribution is 2.38. The molecule has 0 bridgehead atoms. The average molecular weight is 368 g/mol. The number of thioether (sulfide) groups is 1. The lowest BCUT2D eigenvalue weighted by atomic mass is 10.0. The van der Waals surface area contributed by atoms with Gasteiger partial charge in [-0.3, -0.25) is 9.59 Å². The molecular formula is C20H17FN2O2S. The summed E-state index contributed by atoms with van der Waals surface area (Å²) in [4.78, 5) is 25.6. The van der Waals surface area contributed by atoms with E-state index in [2.05, 4.69) is 4.57 Å². The molecule has 2 aromatic carbocycles. The second-order valence-electron chi connectivity index (χ2n) is 6.37. The number of halogens is 1. The van der Waals surface area contributed by atoms with Crippen molar-refractivity contribution in [2.45, 2.75) is 19.0 Å². The van der Waals surface area contributed by atoms with Crippen LogP contribution in [-0.2, 0) is 17.8 Å². The van der Waals surface area contributed by atoms with E-state index in [1.165, 1.54) is 17.0 Å². The Kier molecular flexibility index (Phi) is 4.28. The van der Waals surface area contributed by atoms with Crippen molar-refractivity contribution in [1.82, 2.24) is 9.47 Å². The minimum absolute atomic E-state index is 0.135. The number of likely N-dealkylation sites (N-methyl/N-ethyl adjacent to an activating group) is 1. The molecule has 3 aromatic rings. The van der Waals surface area contributed by atoms with Crippen molar-refractivity contribution < 1.29 is 14.0 Å². The van der Waals surface area contributed by atoms with Gasteiger partial charge in [0.25, 0.3) is 5.24 Å². The van der Waals surface area contributed by atoms with Gasteiger partial charge in [0.2, 0.25) is 5.12 Å². The number of rotatable bonds is 4. The number of nitrogens with zero attached hydrogens (tertiary/aromatic N) is 2. The maximum Gasteiger partial charge on any atom is 0.289 e. The van der Waals surface area contributed by atoms with E-state index in [-0.39, 0.29) is 16.2 Å². The molecule has 1 unspecified atom stereocenters. The van der Waals surface area contributed by atoms with Crippen molar-refractivity contribution >= 4 is 33.0 Å². The lowest BCUT2D eigenvalue weighted by Crippen LogP contribution is -2.23. The van der Waals surface area contributed by atoms with Gasteiger partial charge >= 0.3 is 0 Å². The van der Waals surface area contributed by atoms with Crippen LogP contribution in [0.3, 0.4) is 0 Å². The van der Waals surface area contributed by atoms with E-state index in [1.807, 2.05) is 30.5 Å². The van der Waals surface area contributed by atoms with E-state index < -0.39 is 6.04 Å². The highest BCUT2D eigenvalue weighted by atomic mass is 32.2.